The van der Waals surface area contributed by atoms with Gasteiger partial charge in [0.1, 0.15) is 18.2 Å². The van der Waals surface area contributed by atoms with E-state index in [1.807, 2.05) is 41.9 Å². The van der Waals surface area contributed by atoms with E-state index in [4.69, 9.17) is 13.9 Å². The number of benzene rings is 1. The van der Waals surface area contributed by atoms with Crippen LogP contribution in [0.3, 0.4) is 0 Å². The first-order valence-electron chi connectivity index (χ1n) is 9.86. The van der Waals surface area contributed by atoms with Crippen molar-refractivity contribution in [2.75, 3.05) is 12.4 Å². The van der Waals surface area contributed by atoms with Gasteiger partial charge in [-0.1, -0.05) is 25.0 Å². The number of ether oxygens (including phenoxy) is 2. The van der Waals surface area contributed by atoms with Crippen molar-refractivity contribution in [2.24, 2.45) is 0 Å². The molecular weight excluding hydrogens is 370 g/mol. The molecule has 7 heteroatoms. The molecule has 3 aromatic rings. The fourth-order valence-electron chi connectivity index (χ4n) is 3.68. The van der Waals surface area contributed by atoms with Crippen molar-refractivity contribution < 1.29 is 18.7 Å². The van der Waals surface area contributed by atoms with Gasteiger partial charge in [-0.3, -0.25) is 4.79 Å². The SMILES string of the molecule is COc1ccccc1OCc1ccc(C(=O)Nc2cc(C)nn2C2CCCC2)o1. The van der Waals surface area contributed by atoms with Crippen LogP contribution in [-0.2, 0) is 6.61 Å². The van der Waals surface area contributed by atoms with Crippen LogP contribution in [0.15, 0.2) is 46.9 Å². The third kappa shape index (κ3) is 4.29. The van der Waals surface area contributed by atoms with Crippen LogP contribution in [0, 0.1) is 6.92 Å². The second-order valence-corrected chi connectivity index (χ2v) is 7.21. The van der Waals surface area contributed by atoms with E-state index in [2.05, 4.69) is 10.4 Å². The maximum absolute atomic E-state index is 12.7. The lowest BCUT2D eigenvalue weighted by atomic mass is 10.2. The van der Waals surface area contributed by atoms with E-state index in [9.17, 15) is 4.79 Å². The number of para-hydroxylation sites is 2. The Kier molecular flexibility index (Phi) is 5.55. The fraction of sp³-hybridized carbons (Fsp3) is 0.364. The molecule has 0 saturated heterocycles. The maximum Gasteiger partial charge on any atom is 0.292 e. The molecule has 2 heterocycles. The van der Waals surface area contributed by atoms with E-state index in [1.165, 1.54) is 12.8 Å². The van der Waals surface area contributed by atoms with Gasteiger partial charge in [0.05, 0.1) is 18.8 Å². The van der Waals surface area contributed by atoms with Gasteiger partial charge in [0.25, 0.3) is 5.91 Å². The smallest absolute Gasteiger partial charge is 0.292 e. The van der Waals surface area contributed by atoms with Gasteiger partial charge in [-0.2, -0.15) is 5.10 Å². The molecule has 1 amide bonds. The van der Waals surface area contributed by atoms with Crippen LogP contribution >= 0.6 is 0 Å². The first-order chi connectivity index (χ1) is 14.1. The highest BCUT2D eigenvalue weighted by molar-refractivity contribution is 6.01. The number of anilines is 1. The molecule has 1 N–H and O–H groups in total. The molecule has 2 aromatic heterocycles. The largest absolute Gasteiger partial charge is 0.493 e. The van der Waals surface area contributed by atoms with Gasteiger partial charge in [-0.25, -0.2) is 4.68 Å². The number of aryl methyl sites for hydroxylation is 1. The molecule has 4 rings (SSSR count). The summed E-state index contributed by atoms with van der Waals surface area (Å²) in [6.45, 7) is 2.13. The second-order valence-electron chi connectivity index (χ2n) is 7.21. The summed E-state index contributed by atoms with van der Waals surface area (Å²) in [7, 11) is 1.59. The lowest BCUT2D eigenvalue weighted by Crippen LogP contribution is -2.17. The molecule has 0 bridgehead atoms. The van der Waals surface area contributed by atoms with Gasteiger partial charge in [-0.15, -0.1) is 0 Å². The number of carbonyl (C=O) groups excluding carboxylic acids is 1. The fourth-order valence-corrected chi connectivity index (χ4v) is 3.68. The van der Waals surface area contributed by atoms with E-state index in [1.54, 1.807) is 19.2 Å². The van der Waals surface area contributed by atoms with Crippen LogP contribution < -0.4 is 14.8 Å². The summed E-state index contributed by atoms with van der Waals surface area (Å²) in [4.78, 5) is 12.7. The monoisotopic (exact) mass is 395 g/mol. The van der Waals surface area contributed by atoms with Crippen LogP contribution in [0.4, 0.5) is 5.82 Å². The standard InChI is InChI=1S/C22H25N3O4/c1-15-13-21(25(24-15)16-7-3-4-8-16)23-22(26)20-12-11-17(29-20)14-28-19-10-6-5-9-18(19)27-2/h5-6,9-13,16H,3-4,7-8,14H2,1-2H3,(H,23,26). The Morgan fingerprint density at radius 1 is 1.21 bits per heavy atom. The third-order valence-corrected chi connectivity index (χ3v) is 5.09. The van der Waals surface area contributed by atoms with Crippen LogP contribution in [0.1, 0.15) is 53.7 Å². The van der Waals surface area contributed by atoms with E-state index in [0.717, 1.165) is 18.5 Å². The Bertz CT molecular complexity index is 986. The number of carbonyl (C=O) groups is 1. The maximum atomic E-state index is 12.7. The van der Waals surface area contributed by atoms with E-state index in [-0.39, 0.29) is 18.3 Å². The molecule has 0 aliphatic heterocycles. The van der Waals surface area contributed by atoms with Crippen LogP contribution in [-0.4, -0.2) is 22.8 Å². The van der Waals surface area contributed by atoms with Crippen molar-refractivity contribution in [3.05, 3.63) is 59.7 Å². The highest BCUT2D eigenvalue weighted by Crippen LogP contribution is 2.32. The summed E-state index contributed by atoms with van der Waals surface area (Å²) in [6.07, 6.45) is 4.58. The highest BCUT2D eigenvalue weighted by atomic mass is 16.5. The van der Waals surface area contributed by atoms with Crippen molar-refractivity contribution in [1.29, 1.82) is 0 Å². The Hall–Kier alpha value is -3.22. The first-order valence-corrected chi connectivity index (χ1v) is 9.86. The Morgan fingerprint density at radius 3 is 2.72 bits per heavy atom. The number of furan rings is 1. The van der Waals surface area contributed by atoms with Crippen molar-refractivity contribution in [3.8, 4) is 11.5 Å². The van der Waals surface area contributed by atoms with Crippen molar-refractivity contribution in [2.45, 2.75) is 45.3 Å². The Balaban J connectivity index is 1.41. The lowest BCUT2D eigenvalue weighted by Gasteiger charge is -2.14. The molecule has 29 heavy (non-hydrogen) atoms. The zero-order chi connectivity index (χ0) is 20.2. The molecule has 0 unspecified atom stereocenters. The van der Waals surface area contributed by atoms with Crippen molar-refractivity contribution in [1.82, 2.24) is 9.78 Å². The average molecular weight is 395 g/mol. The van der Waals surface area contributed by atoms with Crippen LogP contribution in [0.2, 0.25) is 0 Å². The molecule has 1 aliphatic rings. The van der Waals surface area contributed by atoms with Crippen LogP contribution in [0.5, 0.6) is 11.5 Å². The third-order valence-electron chi connectivity index (χ3n) is 5.09. The van der Waals surface area contributed by atoms with Gasteiger partial charge >= 0.3 is 0 Å². The minimum atomic E-state index is -0.298. The quantitative estimate of drug-likeness (QED) is 0.625. The highest BCUT2D eigenvalue weighted by Gasteiger charge is 2.22. The molecule has 1 saturated carbocycles. The van der Waals surface area contributed by atoms with Gasteiger partial charge in [-0.05, 0) is 44.0 Å². The molecule has 0 radical (unpaired) electrons. The number of nitrogens with one attached hydrogen (secondary N) is 1. The van der Waals surface area contributed by atoms with Gasteiger partial charge in [0.15, 0.2) is 17.3 Å². The molecule has 152 valence electrons. The summed E-state index contributed by atoms with van der Waals surface area (Å²) in [5.41, 5.74) is 0.887. The zero-order valence-electron chi connectivity index (χ0n) is 16.7. The molecule has 7 nitrogen and oxygen atoms in total. The van der Waals surface area contributed by atoms with E-state index >= 15 is 0 Å². The average Bonchev–Trinajstić information content (AvgIpc) is 3.47. The number of hydrogen-bond donors (Lipinski definition) is 1. The summed E-state index contributed by atoms with van der Waals surface area (Å²) < 4.78 is 18.6. The number of aromatic nitrogens is 2. The summed E-state index contributed by atoms with van der Waals surface area (Å²) in [6, 6.07) is 13.0. The first kappa shape index (κ1) is 19.1. The molecule has 0 spiro atoms. The number of amides is 1. The van der Waals surface area contributed by atoms with E-state index in [0.29, 0.717) is 29.1 Å². The number of methoxy groups -OCH3 is 1. The predicted molar refractivity (Wildman–Crippen MR) is 108 cm³/mol. The van der Waals surface area contributed by atoms with E-state index < -0.39 is 0 Å². The number of rotatable bonds is 7. The topological polar surface area (TPSA) is 78.5 Å². The van der Waals surface area contributed by atoms with Crippen LogP contribution in [0.25, 0.3) is 0 Å². The van der Waals surface area contributed by atoms with Gasteiger partial charge in [0, 0.05) is 6.07 Å². The zero-order valence-corrected chi connectivity index (χ0v) is 16.7. The Labute approximate surface area is 169 Å². The molecule has 1 fully saturated rings. The predicted octanol–water partition coefficient (Wildman–Crippen LogP) is 4.74. The summed E-state index contributed by atoms with van der Waals surface area (Å²) in [5, 5.41) is 7.50. The molecule has 1 aromatic carbocycles. The van der Waals surface area contributed by atoms with Crippen molar-refractivity contribution in [3.63, 3.8) is 0 Å². The summed E-state index contributed by atoms with van der Waals surface area (Å²) >= 11 is 0. The number of nitrogens with zero attached hydrogens (tertiary/aromatic N) is 2. The molecular formula is C22H25N3O4. The summed E-state index contributed by atoms with van der Waals surface area (Å²) in [5.74, 6) is 2.47. The molecule has 0 atom stereocenters. The minimum absolute atomic E-state index is 0.201. The van der Waals surface area contributed by atoms with Crippen molar-refractivity contribution >= 4 is 11.7 Å². The number of hydrogen-bond acceptors (Lipinski definition) is 5. The second kappa shape index (κ2) is 8.43. The van der Waals surface area contributed by atoms with Gasteiger partial charge in [0.2, 0.25) is 0 Å². The normalized spacial score (nSPS) is 14.1. The minimum Gasteiger partial charge on any atom is -0.493 e. The molecule has 1 aliphatic carbocycles. The Morgan fingerprint density at radius 2 is 1.97 bits per heavy atom. The van der Waals surface area contributed by atoms with Gasteiger partial charge < -0.3 is 19.2 Å². The lowest BCUT2D eigenvalue weighted by molar-refractivity contribution is 0.0991.